The predicted octanol–water partition coefficient (Wildman–Crippen LogP) is 4.03. The van der Waals surface area contributed by atoms with Crippen molar-refractivity contribution in [3.63, 3.8) is 0 Å². The van der Waals surface area contributed by atoms with Gasteiger partial charge in [0.2, 0.25) is 0 Å². The second kappa shape index (κ2) is 4.21. The number of nitrogens with two attached hydrogens (primary N) is 1. The summed E-state index contributed by atoms with van der Waals surface area (Å²) in [6.07, 6.45) is 2.29. The minimum atomic E-state index is 0.128. The van der Waals surface area contributed by atoms with Crippen molar-refractivity contribution < 1.29 is 0 Å². The maximum absolute atomic E-state index is 6.06. The molecule has 0 radical (unpaired) electrons. The van der Waals surface area contributed by atoms with Crippen LogP contribution in [-0.2, 0) is 19.9 Å². The number of hydrogen-bond donors (Lipinski definition) is 1. The molecule has 0 aliphatic heterocycles. The molecule has 2 aromatic heterocycles. The maximum atomic E-state index is 6.06. The van der Waals surface area contributed by atoms with Crippen LogP contribution in [0.4, 0.5) is 0 Å². The summed E-state index contributed by atoms with van der Waals surface area (Å²) >= 11 is 1.89. The lowest BCUT2D eigenvalue weighted by molar-refractivity contribution is 0.838. The Bertz CT molecular complexity index is 808. The molecule has 1 atom stereocenters. The van der Waals surface area contributed by atoms with Crippen LogP contribution in [0.2, 0.25) is 0 Å². The molecule has 102 valence electrons. The van der Waals surface area contributed by atoms with Crippen LogP contribution in [0, 0.1) is 0 Å². The lowest BCUT2D eigenvalue weighted by atomic mass is 9.94. The number of fused-ring (bicyclic) bond motifs is 5. The average molecular weight is 282 g/mol. The molecule has 3 aromatic rings. The van der Waals surface area contributed by atoms with Crippen molar-refractivity contribution in [2.75, 3.05) is 0 Å². The Hall–Kier alpha value is -1.58. The smallest absolute Gasteiger partial charge is 0.0532 e. The summed E-state index contributed by atoms with van der Waals surface area (Å²) in [6, 6.07) is 11.2. The lowest BCUT2D eigenvalue weighted by Crippen LogP contribution is -2.02. The summed E-state index contributed by atoms with van der Waals surface area (Å²) in [5.41, 5.74) is 11.7. The highest BCUT2D eigenvalue weighted by atomic mass is 32.1. The van der Waals surface area contributed by atoms with E-state index in [1.807, 2.05) is 11.3 Å². The van der Waals surface area contributed by atoms with Gasteiger partial charge in [-0.1, -0.05) is 18.2 Å². The number of aromatic nitrogens is 1. The molecule has 2 heterocycles. The van der Waals surface area contributed by atoms with Gasteiger partial charge in [-0.3, -0.25) is 0 Å². The first-order valence-electron chi connectivity index (χ1n) is 7.11. The van der Waals surface area contributed by atoms with Gasteiger partial charge in [-0.2, -0.15) is 0 Å². The standard InChI is InChI=1S/C17H18N2S/c1-10(18)16-9-13-15(20-16)8-7-12-11-5-3-4-6-14(11)19(2)17(12)13/h3-6,9-10H,7-8,18H2,1-2H3. The Morgan fingerprint density at radius 1 is 1.25 bits per heavy atom. The Morgan fingerprint density at radius 3 is 2.85 bits per heavy atom. The highest BCUT2D eigenvalue weighted by Gasteiger charge is 2.25. The Morgan fingerprint density at radius 2 is 2.05 bits per heavy atom. The van der Waals surface area contributed by atoms with Gasteiger partial charge in [-0.25, -0.2) is 0 Å². The van der Waals surface area contributed by atoms with Gasteiger partial charge in [0.25, 0.3) is 0 Å². The first-order valence-corrected chi connectivity index (χ1v) is 7.93. The van der Waals surface area contributed by atoms with E-state index in [1.54, 1.807) is 0 Å². The van der Waals surface area contributed by atoms with Crippen LogP contribution in [0.25, 0.3) is 22.2 Å². The highest BCUT2D eigenvalue weighted by Crippen LogP contribution is 2.43. The zero-order valence-electron chi connectivity index (χ0n) is 11.8. The number of para-hydroxylation sites is 1. The van der Waals surface area contributed by atoms with Gasteiger partial charge in [0, 0.05) is 39.3 Å². The average Bonchev–Trinajstić information content (AvgIpc) is 3.00. The van der Waals surface area contributed by atoms with Gasteiger partial charge >= 0.3 is 0 Å². The van der Waals surface area contributed by atoms with Crippen molar-refractivity contribution in [2.45, 2.75) is 25.8 Å². The number of benzene rings is 1. The summed E-state index contributed by atoms with van der Waals surface area (Å²) in [5, 5.41) is 1.41. The number of hydrogen-bond acceptors (Lipinski definition) is 2. The molecular formula is C17H18N2S. The van der Waals surface area contributed by atoms with Crippen LogP contribution < -0.4 is 5.73 Å². The second-order valence-corrected chi connectivity index (χ2v) is 6.85. The van der Waals surface area contributed by atoms with E-state index < -0.39 is 0 Å². The monoisotopic (exact) mass is 282 g/mol. The summed E-state index contributed by atoms with van der Waals surface area (Å²) in [5.74, 6) is 0. The predicted molar refractivity (Wildman–Crippen MR) is 86.2 cm³/mol. The fourth-order valence-electron chi connectivity index (χ4n) is 3.37. The molecule has 0 saturated heterocycles. The minimum Gasteiger partial charge on any atom is -0.343 e. The maximum Gasteiger partial charge on any atom is 0.0532 e. The summed E-state index contributed by atoms with van der Waals surface area (Å²) in [7, 11) is 2.18. The molecule has 0 bridgehead atoms. The number of aryl methyl sites for hydroxylation is 3. The van der Waals surface area contributed by atoms with Gasteiger partial charge in [-0.05, 0) is 37.5 Å². The summed E-state index contributed by atoms with van der Waals surface area (Å²) in [4.78, 5) is 2.80. The van der Waals surface area contributed by atoms with Crippen molar-refractivity contribution in [1.29, 1.82) is 0 Å². The van der Waals surface area contributed by atoms with Crippen LogP contribution in [0.3, 0.4) is 0 Å². The van der Waals surface area contributed by atoms with Gasteiger partial charge < -0.3 is 10.3 Å². The first kappa shape index (κ1) is 12.2. The van der Waals surface area contributed by atoms with E-state index in [9.17, 15) is 0 Å². The third-order valence-corrected chi connectivity index (χ3v) is 5.74. The molecule has 2 nitrogen and oxygen atoms in total. The third-order valence-electron chi connectivity index (χ3n) is 4.35. The lowest BCUT2D eigenvalue weighted by Gasteiger charge is -2.14. The quantitative estimate of drug-likeness (QED) is 0.718. The molecule has 1 aromatic carbocycles. The van der Waals surface area contributed by atoms with Gasteiger partial charge in [-0.15, -0.1) is 11.3 Å². The van der Waals surface area contributed by atoms with E-state index in [0.29, 0.717) is 0 Å². The topological polar surface area (TPSA) is 30.9 Å². The largest absolute Gasteiger partial charge is 0.343 e. The van der Waals surface area contributed by atoms with Gasteiger partial charge in [0.15, 0.2) is 0 Å². The SMILES string of the molecule is CC(N)c1cc2c(s1)CCc1c-2n(C)c2ccccc12. The fourth-order valence-corrected chi connectivity index (χ4v) is 4.48. The first-order chi connectivity index (χ1) is 9.66. The van der Waals surface area contributed by atoms with Crippen LogP contribution >= 0.6 is 11.3 Å². The van der Waals surface area contributed by atoms with E-state index in [-0.39, 0.29) is 6.04 Å². The molecule has 3 heteroatoms. The Kier molecular flexibility index (Phi) is 2.56. The second-order valence-electron chi connectivity index (χ2n) is 5.68. The minimum absolute atomic E-state index is 0.128. The van der Waals surface area contributed by atoms with E-state index in [0.717, 1.165) is 12.8 Å². The van der Waals surface area contributed by atoms with E-state index in [4.69, 9.17) is 5.73 Å². The van der Waals surface area contributed by atoms with Gasteiger partial charge in [0.1, 0.15) is 0 Å². The highest BCUT2D eigenvalue weighted by molar-refractivity contribution is 7.12. The van der Waals surface area contributed by atoms with Crippen LogP contribution in [0.5, 0.6) is 0 Å². The van der Waals surface area contributed by atoms with Crippen molar-refractivity contribution in [3.05, 3.63) is 45.6 Å². The molecule has 0 saturated carbocycles. The van der Waals surface area contributed by atoms with Crippen molar-refractivity contribution in [3.8, 4) is 11.3 Å². The van der Waals surface area contributed by atoms with Gasteiger partial charge in [0.05, 0.1) is 5.69 Å². The van der Waals surface area contributed by atoms with Crippen molar-refractivity contribution >= 4 is 22.2 Å². The summed E-state index contributed by atoms with van der Waals surface area (Å²) < 4.78 is 2.35. The molecular weight excluding hydrogens is 264 g/mol. The third kappa shape index (κ3) is 1.54. The van der Waals surface area contributed by atoms with E-state index >= 15 is 0 Å². The molecule has 1 unspecified atom stereocenters. The number of thiophene rings is 1. The summed E-state index contributed by atoms with van der Waals surface area (Å²) in [6.45, 7) is 2.07. The van der Waals surface area contributed by atoms with Crippen molar-refractivity contribution in [2.24, 2.45) is 12.8 Å². The Balaban J connectivity index is 2.04. The molecule has 4 rings (SSSR count). The molecule has 0 fully saturated rings. The van der Waals surface area contributed by atoms with E-state index in [2.05, 4.69) is 48.9 Å². The van der Waals surface area contributed by atoms with Crippen LogP contribution in [-0.4, -0.2) is 4.57 Å². The van der Waals surface area contributed by atoms with Crippen molar-refractivity contribution in [1.82, 2.24) is 4.57 Å². The molecule has 0 spiro atoms. The number of nitrogens with zero attached hydrogens (tertiary/aromatic N) is 1. The van der Waals surface area contributed by atoms with E-state index in [1.165, 1.54) is 37.5 Å². The normalized spacial score (nSPS) is 15.2. The molecule has 1 aliphatic carbocycles. The molecule has 20 heavy (non-hydrogen) atoms. The molecule has 2 N–H and O–H groups in total. The zero-order valence-corrected chi connectivity index (χ0v) is 12.6. The fraction of sp³-hybridized carbons (Fsp3) is 0.294. The Labute approximate surface area is 122 Å². The molecule has 1 aliphatic rings. The van der Waals surface area contributed by atoms with Crippen LogP contribution in [0.1, 0.15) is 28.3 Å². The molecule has 0 amide bonds. The number of rotatable bonds is 1. The van der Waals surface area contributed by atoms with Crippen LogP contribution in [0.15, 0.2) is 30.3 Å². The zero-order chi connectivity index (χ0) is 13.9.